The summed E-state index contributed by atoms with van der Waals surface area (Å²) in [6, 6.07) is -5.08. The van der Waals surface area contributed by atoms with Gasteiger partial charge < -0.3 is 170 Å². The number of ether oxygens (including phenoxy) is 10. The van der Waals surface area contributed by atoms with E-state index in [1.54, 1.807) is 13.8 Å². The van der Waals surface area contributed by atoms with Crippen LogP contribution in [0.4, 0.5) is 0 Å². The molecule has 7 rings (SSSR count). The van der Waals surface area contributed by atoms with Gasteiger partial charge >= 0.3 is 0 Å². The van der Waals surface area contributed by atoms with Crippen molar-refractivity contribution >= 4 is 29.8 Å². The number of aryl methyl sites for hydroxylation is 2. The molecule has 23 N–H and O–H groups in total. The Morgan fingerprint density at radius 1 is 0.598 bits per heavy atom. The number of quaternary nitrogens is 1. The van der Waals surface area contributed by atoms with Crippen molar-refractivity contribution in [3.8, 4) is 11.5 Å². The molecule has 3 amide bonds. The summed E-state index contributed by atoms with van der Waals surface area (Å²) in [7, 11) is 0. The fourth-order valence-corrected chi connectivity index (χ4v) is 13.5. The molecule has 40 heteroatoms. The first-order valence-electron chi connectivity index (χ1n) is 36.2. The lowest BCUT2D eigenvalue weighted by Gasteiger charge is -2.54. The van der Waals surface area contributed by atoms with E-state index in [4.69, 9.17) is 56.4 Å². The van der Waals surface area contributed by atoms with Crippen LogP contribution in [0.3, 0.4) is 0 Å². The van der Waals surface area contributed by atoms with Gasteiger partial charge in [0.25, 0.3) is 5.89 Å². The molecule has 0 saturated carbocycles. The SMILES string of the molecule is CCCCCCCCCCCCCCCCCC(=O)N[C@@H](CO[C@@H]1O[C@H](CO)[C@@H](O[C@@H]2O[C@H](CO)[C@H](O[C@@H]3O[C@H](CO)[C@H](O)[C@H](O[C@@H]4O[C@H](CO)[C@H](O)[C@H](O)[C@H]4O)[C@H]3NC(C)=O)[C@H](O[C@]3(C(=O)[O-])C[C@H](O)C(NC(C)=O)C([C@H](O)[C@H](O)CO)O3)[C@H]2O)[C@H](O)[C@H]1O)[C@H](O)/C=C/c1noc(-c2c(C)noc2C)n1.[NH4+]. The number of carboxylic acid groups (broad SMARTS) is 1. The number of hydrogen-bond donors (Lipinski definition) is 20. The van der Waals surface area contributed by atoms with Crippen LogP contribution in [0, 0.1) is 13.8 Å². The molecule has 0 radical (unpaired) electrons. The van der Waals surface area contributed by atoms with Crippen LogP contribution in [-0.4, -0.2) is 331 Å². The van der Waals surface area contributed by atoms with E-state index in [1.807, 2.05) is 0 Å². The largest absolute Gasteiger partial charge is 0.544 e. The standard InChI is InChI=1S/C67H110N6O33.H3N/c1-6-7-8-9-10-11-12-13-14-15-16-17-18-19-20-21-44(84)70-35(36(81)22-23-43-71-61(106-73-43)45-31(2)72-105-32(45)3)30-95-63-54(91)52(89)56(41(28-77)98-63)100-65-55(92)60(104-67(66(93)94)24-37(82)46(68-33(4)79)59(103-67)48(85)38(83)25-74)57(42(29-78)99-65)101-62-47(69-34(5)80)58(50(87)40(27-76)96-62)102-64-53(90)51(88)49(86)39(26-75)97-64;/h22-23,35-42,46-60,62-65,74-78,81-83,85-92H,6-21,24-30H2,1-5H3,(H,68,79)(H,69,80)(H,70,84)(H,93,94);1H3/b23-22+;/t35-,36+,37-,38+,39+,40+,41+,42+,46?,47+,48+,49-,50-,51-,52+,53+,54+,55+,56+,57-,58+,59?,60+,62-,63+,64-,65-,67-;/m0./s1. The topological polar surface area (TPSA) is 645 Å². The molecule has 5 fully saturated rings. The average molecular weight is 1540 g/mol. The maximum Gasteiger partial charge on any atom is 0.263 e. The summed E-state index contributed by atoms with van der Waals surface area (Å²) in [6.07, 6.45) is -33.0. The molecule has 0 spiro atoms. The zero-order valence-corrected chi connectivity index (χ0v) is 60.9. The average Bonchev–Trinajstić information content (AvgIpc) is 1.03. The first-order valence-corrected chi connectivity index (χ1v) is 36.2. The van der Waals surface area contributed by atoms with Crippen molar-refractivity contribution in [2.45, 2.75) is 315 Å². The molecular weight excluding hydrogens is 1430 g/mol. The molecule has 107 heavy (non-hydrogen) atoms. The van der Waals surface area contributed by atoms with Gasteiger partial charge in [0.05, 0.1) is 69.6 Å². The third-order valence-electron chi connectivity index (χ3n) is 19.4. The van der Waals surface area contributed by atoms with Gasteiger partial charge in [-0.3, -0.25) is 14.4 Å². The van der Waals surface area contributed by atoms with Gasteiger partial charge in [-0.1, -0.05) is 113 Å². The molecule has 5 aliphatic heterocycles. The van der Waals surface area contributed by atoms with Gasteiger partial charge in [-0.15, -0.1) is 0 Å². The Morgan fingerprint density at radius 3 is 1.67 bits per heavy atom. The van der Waals surface area contributed by atoms with Crippen LogP contribution in [0.1, 0.15) is 147 Å². The molecule has 2 aromatic rings. The van der Waals surface area contributed by atoms with Crippen molar-refractivity contribution in [3.05, 3.63) is 23.4 Å². The van der Waals surface area contributed by atoms with Gasteiger partial charge in [0.1, 0.15) is 133 Å². The van der Waals surface area contributed by atoms with E-state index >= 15 is 0 Å². The van der Waals surface area contributed by atoms with Crippen molar-refractivity contribution in [2.24, 2.45) is 0 Å². The number of carbonyl (C=O) groups is 4. The van der Waals surface area contributed by atoms with Crippen molar-refractivity contribution in [2.75, 3.05) is 39.6 Å². The van der Waals surface area contributed by atoms with Crippen LogP contribution in [0.15, 0.2) is 15.1 Å². The monoisotopic (exact) mass is 1540 g/mol. The molecule has 7 heterocycles. The number of nitrogens with zero attached hydrogens (tertiary/aromatic N) is 3. The molecule has 0 aromatic carbocycles. The number of nitrogens with one attached hydrogen (secondary N) is 3. The number of rotatable bonds is 42. The Hall–Kier alpha value is -5.11. The molecule has 614 valence electrons. The highest BCUT2D eigenvalue weighted by molar-refractivity contribution is 5.76. The first kappa shape index (κ1) is 90.8. The number of hydrogen-bond acceptors (Lipinski definition) is 36. The highest BCUT2D eigenvalue weighted by Gasteiger charge is 2.61. The summed E-state index contributed by atoms with van der Waals surface area (Å²) in [4.78, 5) is 57.2. The molecular formula is C67H113N7O33. The van der Waals surface area contributed by atoms with Crippen LogP contribution < -0.4 is 27.2 Å². The quantitative estimate of drug-likeness (QED) is 0.0275. The number of carboxylic acids is 1. The summed E-state index contributed by atoms with van der Waals surface area (Å²) in [6.45, 7) is 1.04. The third kappa shape index (κ3) is 24.0. The van der Waals surface area contributed by atoms with E-state index in [0.717, 1.165) is 46.0 Å². The Bertz CT molecular complexity index is 2990. The highest BCUT2D eigenvalue weighted by Crippen LogP contribution is 2.41. The second kappa shape index (κ2) is 43.6. The fourth-order valence-electron chi connectivity index (χ4n) is 13.5. The smallest absolute Gasteiger partial charge is 0.263 e. The van der Waals surface area contributed by atoms with Crippen molar-refractivity contribution in [3.63, 3.8) is 0 Å². The van der Waals surface area contributed by atoms with Crippen LogP contribution in [0.2, 0.25) is 0 Å². The van der Waals surface area contributed by atoms with Crippen LogP contribution in [-0.2, 0) is 66.5 Å². The Balaban J connectivity index is 0.0000179. The summed E-state index contributed by atoms with van der Waals surface area (Å²) < 4.78 is 70.2. The van der Waals surface area contributed by atoms with Gasteiger partial charge in [-0.2, -0.15) is 4.98 Å². The van der Waals surface area contributed by atoms with Crippen molar-refractivity contribution in [1.29, 1.82) is 0 Å². The molecule has 5 aliphatic rings. The second-order valence-electron chi connectivity index (χ2n) is 27.5. The summed E-state index contributed by atoms with van der Waals surface area (Å²) in [5, 5.41) is 207. The normalized spacial score (nSPS) is 34.5. The molecule has 0 aliphatic carbocycles. The molecule has 28 atom stereocenters. The van der Waals surface area contributed by atoms with E-state index in [9.17, 15) is 106 Å². The predicted molar refractivity (Wildman–Crippen MR) is 360 cm³/mol. The molecule has 2 unspecified atom stereocenters. The van der Waals surface area contributed by atoms with Crippen LogP contribution >= 0.6 is 0 Å². The zero-order valence-electron chi connectivity index (χ0n) is 60.9. The van der Waals surface area contributed by atoms with Crippen LogP contribution in [0.5, 0.6) is 0 Å². The highest BCUT2D eigenvalue weighted by atomic mass is 16.8. The number of amides is 3. The minimum Gasteiger partial charge on any atom is -0.544 e. The van der Waals surface area contributed by atoms with E-state index in [-0.39, 0.29) is 24.3 Å². The summed E-state index contributed by atoms with van der Waals surface area (Å²) in [5.41, 5.74) is 0.909. The number of carbonyl (C=O) groups excluding carboxylic acids is 4. The lowest BCUT2D eigenvalue weighted by Crippen LogP contribution is -2.73. The van der Waals surface area contributed by atoms with E-state index in [0.29, 0.717) is 23.4 Å². The van der Waals surface area contributed by atoms with Gasteiger partial charge in [0.2, 0.25) is 23.5 Å². The van der Waals surface area contributed by atoms with E-state index in [2.05, 4.69) is 38.2 Å². The lowest BCUT2D eigenvalue weighted by molar-refractivity contribution is -0.421. The maximum atomic E-state index is 13.7. The number of aliphatic carboxylic acids is 1. The van der Waals surface area contributed by atoms with E-state index < -0.39 is 241 Å². The predicted octanol–water partition coefficient (Wildman–Crippen LogP) is -5.89. The Kier molecular flexibility index (Phi) is 37.0. The molecule has 40 nitrogen and oxygen atoms in total. The minimum atomic E-state index is -3.52. The number of aliphatic hydroxyl groups excluding tert-OH is 16. The van der Waals surface area contributed by atoms with E-state index in [1.165, 1.54) is 69.9 Å². The maximum absolute atomic E-state index is 13.7. The van der Waals surface area contributed by atoms with Gasteiger partial charge in [-0.25, -0.2) is 0 Å². The number of unbranched alkanes of at least 4 members (excludes halogenated alkanes) is 14. The lowest BCUT2D eigenvalue weighted by atomic mass is 9.88. The zero-order chi connectivity index (χ0) is 77.7. The minimum absolute atomic E-state index is 0. The molecule has 0 bridgehead atoms. The van der Waals surface area contributed by atoms with Gasteiger partial charge in [0.15, 0.2) is 31.0 Å². The molecule has 5 saturated heterocycles. The first-order chi connectivity index (χ1) is 50.6. The fraction of sp³-hybridized carbons (Fsp3) is 0.836. The van der Waals surface area contributed by atoms with Gasteiger partial charge in [-0.05, 0) is 26.3 Å². The number of aromatic nitrogens is 3. The Labute approximate surface area is 617 Å². The third-order valence-corrected chi connectivity index (χ3v) is 19.4. The molecule has 2 aromatic heterocycles. The van der Waals surface area contributed by atoms with Crippen molar-refractivity contribution in [1.82, 2.24) is 37.4 Å². The van der Waals surface area contributed by atoms with Crippen molar-refractivity contribution < 1.29 is 162 Å². The number of aliphatic hydroxyl groups is 16. The van der Waals surface area contributed by atoms with Gasteiger partial charge in [0, 0.05) is 26.7 Å². The van der Waals surface area contributed by atoms with Crippen LogP contribution in [0.25, 0.3) is 17.5 Å². The summed E-state index contributed by atoms with van der Waals surface area (Å²) in [5.74, 6) is -7.84. The second-order valence-corrected chi connectivity index (χ2v) is 27.5. The Morgan fingerprint density at radius 2 is 1.11 bits per heavy atom. The summed E-state index contributed by atoms with van der Waals surface area (Å²) >= 11 is 0.